The highest BCUT2D eigenvalue weighted by Gasteiger charge is 2.71. The Hall–Kier alpha value is -1.54. The third-order valence-electron chi connectivity index (χ3n) is 2.93. The molecule has 1 aromatic rings. The number of ether oxygens (including phenoxy) is 2. The van der Waals surface area contributed by atoms with E-state index in [0.29, 0.717) is 0 Å². The molecule has 0 aliphatic heterocycles. The third kappa shape index (κ3) is 5.24. The lowest BCUT2D eigenvalue weighted by molar-refractivity contribution is -0.377. The van der Waals surface area contributed by atoms with Gasteiger partial charge in [-0.2, -0.15) is 26.3 Å². The van der Waals surface area contributed by atoms with Crippen molar-refractivity contribution >= 4 is 6.08 Å². The lowest BCUT2D eigenvalue weighted by Crippen LogP contribution is -2.57. The first-order valence-electron chi connectivity index (χ1n) is 6.94. The van der Waals surface area contributed by atoms with E-state index in [9.17, 15) is 26.3 Å². The molecule has 1 aromatic carbocycles. The van der Waals surface area contributed by atoms with Crippen molar-refractivity contribution in [2.24, 2.45) is 0 Å². The molecule has 0 saturated carbocycles. The number of hydrogen-bond donors (Lipinski definition) is 0. The largest absolute Gasteiger partial charge is 0.430 e. The summed E-state index contributed by atoms with van der Waals surface area (Å²) in [5, 5.41) is 0. The van der Waals surface area contributed by atoms with E-state index in [0.717, 1.165) is 6.08 Å². The van der Waals surface area contributed by atoms with Gasteiger partial charge in [0.15, 0.2) is 0 Å². The van der Waals surface area contributed by atoms with Crippen LogP contribution in [-0.2, 0) is 9.47 Å². The van der Waals surface area contributed by atoms with Gasteiger partial charge in [0.2, 0.25) is 0 Å². The van der Waals surface area contributed by atoms with Gasteiger partial charge in [-0.05, 0) is 32.4 Å². The van der Waals surface area contributed by atoms with Crippen molar-refractivity contribution in [3.63, 3.8) is 0 Å². The Kier molecular flexibility index (Phi) is 6.10. The van der Waals surface area contributed by atoms with Crippen molar-refractivity contribution in [3.05, 3.63) is 42.0 Å². The van der Waals surface area contributed by atoms with E-state index in [1.807, 2.05) is 0 Å². The van der Waals surface area contributed by atoms with Gasteiger partial charge in [-0.25, -0.2) is 0 Å². The summed E-state index contributed by atoms with van der Waals surface area (Å²) in [7, 11) is 0. The average molecular weight is 356 g/mol. The quantitative estimate of drug-likeness (QED) is 0.523. The fraction of sp³-hybridized carbons (Fsp3) is 0.500. The van der Waals surface area contributed by atoms with Crippen LogP contribution in [0.2, 0.25) is 0 Å². The number of alkyl halides is 6. The summed E-state index contributed by atoms with van der Waals surface area (Å²) in [6.07, 6.45) is -10.7. The molecule has 0 spiro atoms. The van der Waals surface area contributed by atoms with Gasteiger partial charge in [-0.3, -0.25) is 0 Å². The van der Waals surface area contributed by atoms with Gasteiger partial charge in [-0.1, -0.05) is 36.4 Å². The highest BCUT2D eigenvalue weighted by molar-refractivity contribution is 5.51. The molecule has 0 amide bonds. The molecule has 0 aliphatic carbocycles. The molecule has 8 heteroatoms. The van der Waals surface area contributed by atoms with Crippen LogP contribution in [0.3, 0.4) is 0 Å². The summed E-state index contributed by atoms with van der Waals surface area (Å²) in [4.78, 5) is 0. The Morgan fingerprint density at radius 1 is 0.833 bits per heavy atom. The van der Waals surface area contributed by atoms with Crippen molar-refractivity contribution in [2.75, 3.05) is 6.79 Å². The normalized spacial score (nSPS) is 14.4. The molecule has 136 valence electrons. The maximum absolute atomic E-state index is 13.2. The van der Waals surface area contributed by atoms with Crippen LogP contribution in [0, 0.1) is 0 Å². The Morgan fingerprint density at radius 3 is 1.75 bits per heavy atom. The van der Waals surface area contributed by atoms with E-state index < -0.39 is 30.3 Å². The zero-order valence-electron chi connectivity index (χ0n) is 13.3. The molecule has 0 fully saturated rings. The van der Waals surface area contributed by atoms with Gasteiger partial charge < -0.3 is 9.47 Å². The first kappa shape index (κ1) is 20.5. The molecule has 0 N–H and O–H groups in total. The lowest BCUT2D eigenvalue weighted by Gasteiger charge is -2.35. The topological polar surface area (TPSA) is 18.5 Å². The van der Waals surface area contributed by atoms with Crippen molar-refractivity contribution < 1.29 is 35.8 Å². The Balaban J connectivity index is 3.20. The molecular formula is C16H18F6O2. The number of rotatable bonds is 5. The van der Waals surface area contributed by atoms with E-state index in [2.05, 4.69) is 4.74 Å². The molecule has 2 nitrogen and oxygen atoms in total. The first-order chi connectivity index (χ1) is 10.8. The van der Waals surface area contributed by atoms with Crippen LogP contribution < -0.4 is 0 Å². The SMILES string of the molecule is CC(C)(C)OCOC(C=Cc1ccccc1)(C(F)(F)F)C(F)(F)F. The van der Waals surface area contributed by atoms with Crippen LogP contribution in [0.4, 0.5) is 26.3 Å². The van der Waals surface area contributed by atoms with Crippen LogP contribution in [0.1, 0.15) is 26.3 Å². The van der Waals surface area contributed by atoms with Crippen LogP contribution >= 0.6 is 0 Å². The predicted molar refractivity (Wildman–Crippen MR) is 77.1 cm³/mol. The van der Waals surface area contributed by atoms with E-state index in [1.54, 1.807) is 6.07 Å². The minimum atomic E-state index is -5.71. The van der Waals surface area contributed by atoms with Crippen molar-refractivity contribution in [2.45, 2.75) is 44.3 Å². The first-order valence-corrected chi connectivity index (χ1v) is 6.94. The molecule has 0 aromatic heterocycles. The summed E-state index contributed by atoms with van der Waals surface area (Å²) in [5.41, 5.74) is -5.23. The smallest absolute Gasteiger partial charge is 0.350 e. The molecule has 0 heterocycles. The zero-order chi connectivity index (χ0) is 18.6. The van der Waals surface area contributed by atoms with E-state index >= 15 is 0 Å². The van der Waals surface area contributed by atoms with Crippen molar-refractivity contribution in [1.82, 2.24) is 0 Å². The Labute approximate surface area is 136 Å². The van der Waals surface area contributed by atoms with E-state index in [1.165, 1.54) is 45.0 Å². The Bertz CT molecular complexity index is 526. The van der Waals surface area contributed by atoms with Crippen LogP contribution in [0.15, 0.2) is 36.4 Å². The monoisotopic (exact) mass is 356 g/mol. The highest BCUT2D eigenvalue weighted by Crippen LogP contribution is 2.47. The van der Waals surface area contributed by atoms with E-state index in [4.69, 9.17) is 4.74 Å². The molecule has 1 rings (SSSR count). The second-order valence-electron chi connectivity index (χ2n) is 5.99. The average Bonchev–Trinajstić information content (AvgIpc) is 2.39. The number of benzene rings is 1. The number of halogens is 6. The number of hydrogen-bond acceptors (Lipinski definition) is 2. The van der Waals surface area contributed by atoms with Gasteiger partial charge in [0.25, 0.3) is 5.60 Å². The second kappa shape index (κ2) is 7.14. The van der Waals surface area contributed by atoms with Gasteiger partial charge >= 0.3 is 12.4 Å². The fourth-order valence-electron chi connectivity index (χ4n) is 1.64. The highest BCUT2D eigenvalue weighted by atomic mass is 19.4. The van der Waals surface area contributed by atoms with Crippen LogP contribution in [-0.4, -0.2) is 30.3 Å². The van der Waals surface area contributed by atoms with Crippen molar-refractivity contribution in [1.29, 1.82) is 0 Å². The molecular weight excluding hydrogens is 338 g/mol. The van der Waals surface area contributed by atoms with Crippen molar-refractivity contribution in [3.8, 4) is 0 Å². The summed E-state index contributed by atoms with van der Waals surface area (Å²) >= 11 is 0. The minimum absolute atomic E-state index is 0.0334. The molecule has 0 radical (unpaired) electrons. The van der Waals surface area contributed by atoms with Gasteiger partial charge in [0.05, 0.1) is 5.60 Å². The minimum Gasteiger partial charge on any atom is -0.350 e. The van der Waals surface area contributed by atoms with Gasteiger partial charge in [-0.15, -0.1) is 0 Å². The van der Waals surface area contributed by atoms with Crippen LogP contribution in [0.5, 0.6) is 0 Å². The lowest BCUT2D eigenvalue weighted by atomic mass is 10.0. The van der Waals surface area contributed by atoms with E-state index in [-0.39, 0.29) is 11.6 Å². The zero-order valence-corrected chi connectivity index (χ0v) is 13.3. The van der Waals surface area contributed by atoms with Gasteiger partial charge in [0.1, 0.15) is 6.79 Å². The molecule has 0 bridgehead atoms. The molecule has 0 aliphatic rings. The van der Waals surface area contributed by atoms with Crippen LogP contribution in [0.25, 0.3) is 6.08 Å². The third-order valence-corrected chi connectivity index (χ3v) is 2.93. The second-order valence-corrected chi connectivity index (χ2v) is 5.99. The Morgan fingerprint density at radius 2 is 1.33 bits per heavy atom. The summed E-state index contributed by atoms with van der Waals surface area (Å²) in [6, 6.07) is 7.32. The maximum atomic E-state index is 13.2. The molecule has 0 saturated heterocycles. The summed E-state index contributed by atoms with van der Waals surface area (Å²) < 4.78 is 88.5. The molecule has 0 unspecified atom stereocenters. The standard InChI is InChI=1S/C16H18F6O2/c1-13(2,3)23-11-24-14(15(17,18)19,16(20,21)22)10-9-12-7-5-4-6-8-12/h4-10H,11H2,1-3H3. The predicted octanol–water partition coefficient (Wildman–Crippen LogP) is 5.35. The fourth-order valence-corrected chi connectivity index (χ4v) is 1.64. The summed E-state index contributed by atoms with van der Waals surface area (Å²) in [6.45, 7) is 3.29. The van der Waals surface area contributed by atoms with Gasteiger partial charge in [0, 0.05) is 0 Å². The summed E-state index contributed by atoms with van der Waals surface area (Å²) in [5.74, 6) is 0. The molecule has 24 heavy (non-hydrogen) atoms. The maximum Gasteiger partial charge on any atom is 0.430 e. The molecule has 0 atom stereocenters.